The van der Waals surface area contributed by atoms with Crippen LogP contribution in [0.15, 0.2) is 78.4 Å². The molecule has 1 atom stereocenters. The van der Waals surface area contributed by atoms with E-state index in [1.807, 2.05) is 0 Å². The lowest BCUT2D eigenvalue weighted by Crippen LogP contribution is -2.29. The molecule has 1 fully saturated rings. The Labute approximate surface area is 200 Å². The Hall–Kier alpha value is -4.10. The van der Waals surface area contributed by atoms with Gasteiger partial charge in [-0.3, -0.25) is 14.5 Å². The van der Waals surface area contributed by atoms with Crippen molar-refractivity contribution in [2.45, 2.75) is 13.0 Å². The number of hydrogen-bond acceptors (Lipinski definition) is 6. The molecule has 0 bridgehead atoms. The average molecular weight is 478 g/mol. The van der Waals surface area contributed by atoms with Crippen molar-refractivity contribution in [3.05, 3.63) is 100 Å². The first-order valence-corrected chi connectivity index (χ1v) is 10.8. The van der Waals surface area contributed by atoms with Gasteiger partial charge in [-0.05, 0) is 67.1 Å². The molecule has 0 radical (unpaired) electrons. The first-order valence-electron chi connectivity index (χ1n) is 10.4. The number of benzene rings is 3. The van der Waals surface area contributed by atoms with Gasteiger partial charge in [0.15, 0.2) is 0 Å². The third kappa shape index (κ3) is 4.25. The van der Waals surface area contributed by atoms with Crippen molar-refractivity contribution in [3.8, 4) is 5.75 Å². The molecule has 1 heterocycles. The zero-order valence-electron chi connectivity index (χ0n) is 18.1. The number of aliphatic hydroxyl groups is 1. The fourth-order valence-electron chi connectivity index (χ4n) is 3.87. The highest BCUT2D eigenvalue weighted by Gasteiger charge is 2.47. The van der Waals surface area contributed by atoms with Crippen LogP contribution in [0, 0.1) is 0 Å². The molecular weight excluding hydrogens is 458 g/mol. The van der Waals surface area contributed by atoms with E-state index in [1.165, 1.54) is 41.3 Å². The number of carbonyl (C=O) groups excluding carboxylic acids is 3. The van der Waals surface area contributed by atoms with Crippen molar-refractivity contribution in [1.29, 1.82) is 0 Å². The zero-order valence-corrected chi connectivity index (χ0v) is 18.8. The van der Waals surface area contributed by atoms with Gasteiger partial charge in [-0.25, -0.2) is 4.79 Å². The fourth-order valence-corrected chi connectivity index (χ4v) is 4.00. The summed E-state index contributed by atoms with van der Waals surface area (Å²) in [4.78, 5) is 39.8. The van der Waals surface area contributed by atoms with E-state index in [0.29, 0.717) is 16.1 Å². The molecule has 3 aromatic rings. The SMILES string of the molecule is CCOC(=O)c1cccc(N2C(=O)C(=O)/C(=C(/O)c3ccc(Cl)cc3)C2c2cccc(O)c2)c1. The Morgan fingerprint density at radius 3 is 2.38 bits per heavy atom. The highest BCUT2D eigenvalue weighted by molar-refractivity contribution is 6.51. The smallest absolute Gasteiger partial charge is 0.338 e. The van der Waals surface area contributed by atoms with Gasteiger partial charge in [-0.15, -0.1) is 0 Å². The molecule has 172 valence electrons. The van der Waals surface area contributed by atoms with E-state index in [1.54, 1.807) is 43.3 Å². The number of aliphatic hydroxyl groups excluding tert-OH is 1. The molecule has 1 unspecified atom stereocenters. The molecule has 3 aromatic carbocycles. The summed E-state index contributed by atoms with van der Waals surface area (Å²) in [5, 5.41) is 21.6. The number of halogens is 1. The summed E-state index contributed by atoms with van der Waals surface area (Å²) in [6, 6.07) is 17.3. The van der Waals surface area contributed by atoms with Crippen LogP contribution in [-0.2, 0) is 14.3 Å². The Morgan fingerprint density at radius 2 is 1.71 bits per heavy atom. The van der Waals surface area contributed by atoms with Crippen LogP contribution in [0.4, 0.5) is 5.69 Å². The molecule has 34 heavy (non-hydrogen) atoms. The molecule has 0 aromatic heterocycles. The molecule has 0 spiro atoms. The predicted octanol–water partition coefficient (Wildman–Crippen LogP) is 4.85. The van der Waals surface area contributed by atoms with Crippen molar-refractivity contribution in [2.75, 3.05) is 11.5 Å². The zero-order chi connectivity index (χ0) is 24.4. The highest BCUT2D eigenvalue weighted by atomic mass is 35.5. The number of hydrogen-bond donors (Lipinski definition) is 2. The van der Waals surface area contributed by atoms with Gasteiger partial charge < -0.3 is 14.9 Å². The van der Waals surface area contributed by atoms with Crippen LogP contribution in [0.5, 0.6) is 5.75 Å². The molecule has 4 rings (SSSR count). The van der Waals surface area contributed by atoms with Gasteiger partial charge in [0.25, 0.3) is 11.7 Å². The number of Topliss-reactive ketones (excluding diaryl/α,β-unsaturated/α-hetero) is 1. The Balaban J connectivity index is 1.91. The minimum atomic E-state index is -1.06. The number of amides is 1. The number of phenols is 1. The van der Waals surface area contributed by atoms with Crippen molar-refractivity contribution in [3.63, 3.8) is 0 Å². The Morgan fingerprint density at radius 1 is 1.00 bits per heavy atom. The minimum absolute atomic E-state index is 0.0742. The van der Waals surface area contributed by atoms with Crippen LogP contribution in [-0.4, -0.2) is 34.5 Å². The number of nitrogens with zero attached hydrogens (tertiary/aromatic N) is 1. The van der Waals surface area contributed by atoms with E-state index in [-0.39, 0.29) is 34.9 Å². The second kappa shape index (κ2) is 9.41. The van der Waals surface area contributed by atoms with Crippen molar-refractivity contribution in [2.24, 2.45) is 0 Å². The van der Waals surface area contributed by atoms with E-state index in [2.05, 4.69) is 0 Å². The number of carbonyl (C=O) groups is 3. The molecule has 1 amide bonds. The van der Waals surface area contributed by atoms with Crippen LogP contribution in [0.3, 0.4) is 0 Å². The lowest BCUT2D eigenvalue weighted by Gasteiger charge is -2.26. The van der Waals surface area contributed by atoms with E-state index in [4.69, 9.17) is 16.3 Å². The molecule has 0 saturated carbocycles. The van der Waals surface area contributed by atoms with Gasteiger partial charge in [0.2, 0.25) is 0 Å². The first-order chi connectivity index (χ1) is 16.3. The van der Waals surface area contributed by atoms with Crippen LogP contribution < -0.4 is 4.90 Å². The van der Waals surface area contributed by atoms with Crippen molar-refractivity contribution >= 4 is 40.7 Å². The third-order valence-corrected chi connectivity index (χ3v) is 5.64. The molecule has 7 nitrogen and oxygen atoms in total. The van der Waals surface area contributed by atoms with E-state index in [9.17, 15) is 24.6 Å². The Bertz CT molecular complexity index is 1310. The lowest BCUT2D eigenvalue weighted by molar-refractivity contribution is -0.132. The summed E-state index contributed by atoms with van der Waals surface area (Å²) in [6.07, 6.45) is 0. The molecule has 2 N–H and O–H groups in total. The third-order valence-electron chi connectivity index (χ3n) is 5.38. The summed E-state index contributed by atoms with van der Waals surface area (Å²) in [5.41, 5.74) is 1.01. The number of ketones is 1. The quantitative estimate of drug-likeness (QED) is 0.235. The maximum absolute atomic E-state index is 13.2. The second-order valence-electron chi connectivity index (χ2n) is 7.54. The Kier molecular flexibility index (Phi) is 6.38. The summed E-state index contributed by atoms with van der Waals surface area (Å²) in [7, 11) is 0. The van der Waals surface area contributed by atoms with Gasteiger partial charge in [0.05, 0.1) is 23.8 Å². The van der Waals surface area contributed by atoms with Crippen molar-refractivity contribution in [1.82, 2.24) is 0 Å². The van der Waals surface area contributed by atoms with Crippen LogP contribution >= 0.6 is 11.6 Å². The maximum atomic E-state index is 13.2. The molecule has 0 aliphatic carbocycles. The van der Waals surface area contributed by atoms with Crippen LogP contribution in [0.2, 0.25) is 5.02 Å². The van der Waals surface area contributed by atoms with E-state index >= 15 is 0 Å². The standard InChI is InChI=1S/C26H20ClNO6/c1-2-34-26(33)17-6-3-7-19(13-17)28-22(16-5-4-8-20(29)14-16)21(24(31)25(28)32)23(30)15-9-11-18(27)12-10-15/h3-14,22,29-30H,2H2,1H3/b23-21+. The van der Waals surface area contributed by atoms with Crippen LogP contribution in [0.1, 0.15) is 34.5 Å². The number of aromatic hydroxyl groups is 1. The number of phenolic OH excluding ortho intramolecular Hbond substituents is 1. The first kappa shape index (κ1) is 23.1. The minimum Gasteiger partial charge on any atom is -0.508 e. The van der Waals surface area contributed by atoms with Gasteiger partial charge in [-0.1, -0.05) is 29.8 Å². The van der Waals surface area contributed by atoms with E-state index < -0.39 is 23.7 Å². The van der Waals surface area contributed by atoms with Crippen molar-refractivity contribution < 1.29 is 29.3 Å². The molecule has 1 aliphatic rings. The summed E-state index contributed by atoms with van der Waals surface area (Å²) in [5.74, 6) is -2.81. The lowest BCUT2D eigenvalue weighted by atomic mass is 9.95. The number of ether oxygens (including phenoxy) is 1. The molecule has 1 aliphatic heterocycles. The predicted molar refractivity (Wildman–Crippen MR) is 127 cm³/mol. The van der Waals surface area contributed by atoms with Gasteiger partial charge in [0.1, 0.15) is 11.5 Å². The molecule has 1 saturated heterocycles. The summed E-state index contributed by atoms with van der Waals surface area (Å²) < 4.78 is 5.05. The molecule has 8 heteroatoms. The monoisotopic (exact) mass is 477 g/mol. The normalized spacial score (nSPS) is 17.1. The summed E-state index contributed by atoms with van der Waals surface area (Å²) >= 11 is 5.94. The average Bonchev–Trinajstić information content (AvgIpc) is 3.10. The highest BCUT2D eigenvalue weighted by Crippen LogP contribution is 2.43. The number of rotatable bonds is 5. The van der Waals surface area contributed by atoms with Gasteiger partial charge in [-0.2, -0.15) is 0 Å². The van der Waals surface area contributed by atoms with E-state index in [0.717, 1.165) is 0 Å². The van der Waals surface area contributed by atoms with Crippen LogP contribution in [0.25, 0.3) is 5.76 Å². The topological polar surface area (TPSA) is 104 Å². The van der Waals surface area contributed by atoms with Gasteiger partial charge >= 0.3 is 5.97 Å². The second-order valence-corrected chi connectivity index (χ2v) is 7.98. The molecular formula is C26H20ClNO6. The maximum Gasteiger partial charge on any atom is 0.338 e. The number of esters is 1. The number of anilines is 1. The summed E-state index contributed by atoms with van der Waals surface area (Å²) in [6.45, 7) is 1.86. The fraction of sp³-hybridized carbons (Fsp3) is 0.115. The van der Waals surface area contributed by atoms with Gasteiger partial charge in [0, 0.05) is 16.3 Å². The largest absolute Gasteiger partial charge is 0.508 e.